The maximum absolute atomic E-state index is 13.6. The first kappa shape index (κ1) is 13.5. The average molecular weight is 315 g/mol. The van der Waals surface area contributed by atoms with Crippen LogP contribution in [0.5, 0.6) is 0 Å². The number of amides is 1. The predicted molar refractivity (Wildman–Crippen MR) is 81.5 cm³/mol. The summed E-state index contributed by atoms with van der Waals surface area (Å²) in [4.78, 5) is 19.3. The standard InChI is InChI=1S/C17H18FN3O2/c18-12-9-23-14-8-19-13(7-11(12)14)16(22)20-15-10-1-5-21(6-2-10)17(15)3-4-17/h7-10,15H,1-6H2,(H,20,22)/t15-/m1/s1. The minimum Gasteiger partial charge on any atom is -0.460 e. The normalized spacial score (nSPS) is 30.7. The van der Waals surface area contributed by atoms with Crippen molar-refractivity contribution in [2.24, 2.45) is 5.92 Å². The third kappa shape index (κ3) is 1.87. The van der Waals surface area contributed by atoms with Gasteiger partial charge in [-0.2, -0.15) is 0 Å². The van der Waals surface area contributed by atoms with Crippen LogP contribution in [0.15, 0.2) is 22.9 Å². The minimum absolute atomic E-state index is 0.182. The summed E-state index contributed by atoms with van der Waals surface area (Å²) in [5.74, 6) is -0.115. The van der Waals surface area contributed by atoms with Crippen LogP contribution >= 0.6 is 0 Å². The Hall–Kier alpha value is -1.95. The van der Waals surface area contributed by atoms with Crippen LogP contribution in [0.4, 0.5) is 4.39 Å². The molecule has 1 amide bonds. The molecule has 5 nitrogen and oxygen atoms in total. The third-order valence-electron chi connectivity index (χ3n) is 5.92. The van der Waals surface area contributed by atoms with Gasteiger partial charge in [0.15, 0.2) is 11.4 Å². The number of hydrogen-bond acceptors (Lipinski definition) is 4. The number of aromatic nitrogens is 1. The summed E-state index contributed by atoms with van der Waals surface area (Å²) < 4.78 is 18.7. The summed E-state index contributed by atoms with van der Waals surface area (Å²) in [6, 6.07) is 1.67. The molecule has 1 saturated carbocycles. The van der Waals surface area contributed by atoms with Crippen molar-refractivity contribution in [1.82, 2.24) is 15.2 Å². The number of fused-ring (bicyclic) bond motifs is 3. The number of carbonyl (C=O) groups is 1. The van der Waals surface area contributed by atoms with Gasteiger partial charge in [0, 0.05) is 5.54 Å². The molecule has 4 aliphatic rings. The molecule has 3 aliphatic heterocycles. The van der Waals surface area contributed by atoms with Gasteiger partial charge in [0.2, 0.25) is 0 Å². The van der Waals surface area contributed by atoms with Crippen LogP contribution in [0.1, 0.15) is 36.2 Å². The molecule has 1 atom stereocenters. The summed E-state index contributed by atoms with van der Waals surface area (Å²) in [6.07, 6.45) is 7.08. The van der Waals surface area contributed by atoms with Crippen molar-refractivity contribution in [2.45, 2.75) is 37.3 Å². The number of nitrogens with one attached hydrogen (secondary N) is 1. The third-order valence-corrected chi connectivity index (χ3v) is 5.92. The largest absolute Gasteiger partial charge is 0.460 e. The van der Waals surface area contributed by atoms with Crippen LogP contribution in [0, 0.1) is 11.7 Å². The van der Waals surface area contributed by atoms with Crippen LogP contribution < -0.4 is 5.32 Å². The maximum Gasteiger partial charge on any atom is 0.270 e. The number of hydrogen-bond donors (Lipinski definition) is 1. The first-order valence-electron chi connectivity index (χ1n) is 8.26. The lowest BCUT2D eigenvalue weighted by molar-refractivity contribution is -0.00152. The van der Waals surface area contributed by atoms with E-state index < -0.39 is 5.82 Å². The van der Waals surface area contributed by atoms with Crippen molar-refractivity contribution in [3.8, 4) is 0 Å². The van der Waals surface area contributed by atoms with Gasteiger partial charge < -0.3 is 9.73 Å². The number of pyridine rings is 1. The fraction of sp³-hybridized carbons (Fsp3) is 0.529. The Balaban J connectivity index is 1.43. The summed E-state index contributed by atoms with van der Waals surface area (Å²) in [6.45, 7) is 2.31. The van der Waals surface area contributed by atoms with Crippen molar-refractivity contribution in [3.05, 3.63) is 30.0 Å². The van der Waals surface area contributed by atoms with Gasteiger partial charge in [-0.15, -0.1) is 0 Å². The molecular formula is C17H18FN3O2. The molecule has 0 aromatic carbocycles. The van der Waals surface area contributed by atoms with Crippen molar-refractivity contribution in [2.75, 3.05) is 13.1 Å². The van der Waals surface area contributed by atoms with Gasteiger partial charge in [0.25, 0.3) is 5.91 Å². The number of furan rings is 1. The molecule has 2 bridgehead atoms. The Morgan fingerprint density at radius 3 is 2.91 bits per heavy atom. The first-order valence-corrected chi connectivity index (χ1v) is 8.26. The topological polar surface area (TPSA) is 58.4 Å². The molecule has 5 heterocycles. The monoisotopic (exact) mass is 315 g/mol. The van der Waals surface area contributed by atoms with Gasteiger partial charge >= 0.3 is 0 Å². The van der Waals surface area contributed by atoms with E-state index in [0.717, 1.165) is 45.0 Å². The van der Waals surface area contributed by atoms with Crippen LogP contribution in [0.3, 0.4) is 0 Å². The molecule has 3 saturated heterocycles. The quantitative estimate of drug-likeness (QED) is 0.924. The molecule has 1 spiro atoms. The second-order valence-electron chi connectivity index (χ2n) is 7.03. The number of rotatable bonds is 2. The SMILES string of the molecule is O=C(N[C@@H]1C2CCN(CC2)C12CC2)c1cc2c(F)coc2cn1. The molecule has 2 aromatic rings. The summed E-state index contributed by atoms with van der Waals surface area (Å²) in [5.41, 5.74) is 0.799. The van der Waals surface area contributed by atoms with E-state index in [1.165, 1.54) is 12.3 Å². The van der Waals surface area contributed by atoms with Gasteiger partial charge in [0.1, 0.15) is 12.0 Å². The zero-order valence-corrected chi connectivity index (χ0v) is 12.7. The Bertz CT molecular complexity index is 790. The molecule has 120 valence electrons. The van der Waals surface area contributed by atoms with E-state index in [-0.39, 0.29) is 23.2 Å². The highest BCUT2D eigenvalue weighted by Crippen LogP contribution is 2.53. The zero-order valence-electron chi connectivity index (χ0n) is 12.7. The number of carbonyl (C=O) groups excluding carboxylic acids is 1. The molecule has 23 heavy (non-hydrogen) atoms. The second-order valence-corrected chi connectivity index (χ2v) is 7.03. The molecule has 6 heteroatoms. The van der Waals surface area contributed by atoms with E-state index in [1.807, 2.05) is 0 Å². The summed E-state index contributed by atoms with van der Waals surface area (Å²) in [5, 5.41) is 3.51. The van der Waals surface area contributed by atoms with Crippen molar-refractivity contribution < 1.29 is 13.6 Å². The lowest BCUT2D eigenvalue weighted by Crippen LogP contribution is -2.65. The Labute approximate surface area is 132 Å². The molecule has 6 rings (SSSR count). The minimum atomic E-state index is -0.460. The molecule has 1 aliphatic carbocycles. The van der Waals surface area contributed by atoms with Crippen LogP contribution in [-0.2, 0) is 0 Å². The predicted octanol–water partition coefficient (Wildman–Crippen LogP) is 2.32. The Morgan fingerprint density at radius 2 is 2.17 bits per heavy atom. The van der Waals surface area contributed by atoms with Gasteiger partial charge in [0.05, 0.1) is 17.6 Å². The highest BCUT2D eigenvalue weighted by molar-refractivity contribution is 5.95. The van der Waals surface area contributed by atoms with Crippen molar-refractivity contribution in [1.29, 1.82) is 0 Å². The fourth-order valence-corrected chi connectivity index (χ4v) is 4.56. The zero-order chi connectivity index (χ0) is 15.6. The molecule has 0 radical (unpaired) electrons. The molecule has 4 fully saturated rings. The molecular weight excluding hydrogens is 297 g/mol. The van der Waals surface area contributed by atoms with Crippen LogP contribution in [0.25, 0.3) is 11.0 Å². The average Bonchev–Trinajstić information content (AvgIpc) is 3.28. The first-order chi connectivity index (χ1) is 11.2. The summed E-state index contributed by atoms with van der Waals surface area (Å²) in [7, 11) is 0. The van der Waals surface area contributed by atoms with Gasteiger partial charge in [-0.25, -0.2) is 9.37 Å². The van der Waals surface area contributed by atoms with E-state index in [4.69, 9.17) is 4.42 Å². The lowest BCUT2D eigenvalue weighted by Gasteiger charge is -2.52. The Kier molecular flexibility index (Phi) is 2.66. The van der Waals surface area contributed by atoms with Gasteiger partial charge in [-0.05, 0) is 50.8 Å². The maximum atomic E-state index is 13.6. The fourth-order valence-electron chi connectivity index (χ4n) is 4.56. The lowest BCUT2D eigenvalue weighted by atomic mass is 9.77. The second kappa shape index (κ2) is 4.54. The van der Waals surface area contributed by atoms with Gasteiger partial charge in [-0.1, -0.05) is 0 Å². The molecule has 0 unspecified atom stereocenters. The van der Waals surface area contributed by atoms with Crippen molar-refractivity contribution >= 4 is 16.9 Å². The number of piperidine rings is 3. The van der Waals surface area contributed by atoms with E-state index in [9.17, 15) is 9.18 Å². The van der Waals surface area contributed by atoms with E-state index in [0.29, 0.717) is 16.9 Å². The van der Waals surface area contributed by atoms with E-state index in [2.05, 4.69) is 15.2 Å². The Morgan fingerprint density at radius 1 is 1.39 bits per heavy atom. The van der Waals surface area contributed by atoms with Crippen molar-refractivity contribution in [3.63, 3.8) is 0 Å². The number of halogens is 1. The van der Waals surface area contributed by atoms with E-state index in [1.54, 1.807) is 0 Å². The molecule has 1 N–H and O–H groups in total. The molecule has 2 aromatic heterocycles. The summed E-state index contributed by atoms with van der Waals surface area (Å²) >= 11 is 0. The van der Waals surface area contributed by atoms with Gasteiger partial charge in [-0.3, -0.25) is 9.69 Å². The highest BCUT2D eigenvalue weighted by atomic mass is 19.1. The highest BCUT2D eigenvalue weighted by Gasteiger charge is 2.60. The van der Waals surface area contributed by atoms with Crippen LogP contribution in [0.2, 0.25) is 0 Å². The smallest absolute Gasteiger partial charge is 0.270 e. The van der Waals surface area contributed by atoms with E-state index >= 15 is 0 Å². The number of nitrogens with zero attached hydrogens (tertiary/aromatic N) is 2. The van der Waals surface area contributed by atoms with Crippen LogP contribution in [-0.4, -0.2) is 40.5 Å².